The van der Waals surface area contributed by atoms with E-state index in [0.29, 0.717) is 18.6 Å². The van der Waals surface area contributed by atoms with Crippen molar-refractivity contribution in [1.82, 2.24) is 19.8 Å². The molecule has 0 saturated carbocycles. The van der Waals surface area contributed by atoms with E-state index in [4.69, 9.17) is 4.74 Å². The lowest BCUT2D eigenvalue weighted by Gasteiger charge is -2.39. The minimum absolute atomic E-state index is 0.0810. The Hall–Kier alpha value is -1.40. The molecule has 3 heterocycles. The van der Waals surface area contributed by atoms with Crippen LogP contribution in [-0.2, 0) is 16.1 Å². The number of hydrogen-bond acceptors (Lipinski definition) is 4. The Morgan fingerprint density at radius 2 is 2.00 bits per heavy atom. The molecule has 0 spiro atoms. The normalized spacial score (nSPS) is 22.3. The van der Waals surface area contributed by atoms with Crippen molar-refractivity contribution < 1.29 is 9.53 Å². The van der Waals surface area contributed by atoms with Gasteiger partial charge in [-0.05, 0) is 25.7 Å². The zero-order valence-electron chi connectivity index (χ0n) is 12.4. The summed E-state index contributed by atoms with van der Waals surface area (Å²) < 4.78 is 7.22. The molecule has 1 N–H and O–H groups in total. The van der Waals surface area contributed by atoms with E-state index in [-0.39, 0.29) is 5.91 Å². The molecule has 116 valence electrons. The van der Waals surface area contributed by atoms with Crippen molar-refractivity contribution in [3.05, 3.63) is 18.7 Å². The van der Waals surface area contributed by atoms with Crippen LogP contribution in [0.1, 0.15) is 25.7 Å². The summed E-state index contributed by atoms with van der Waals surface area (Å²) in [6, 6.07) is 0.999. The number of hydrogen-bond donors (Lipinski definition) is 1. The van der Waals surface area contributed by atoms with E-state index >= 15 is 0 Å². The molecular weight excluding hydrogens is 268 g/mol. The zero-order valence-corrected chi connectivity index (χ0v) is 12.4. The SMILES string of the molecule is O=C(Cn1ccnc1)NC1CCN(C2CCOCC2)CC1. The maximum Gasteiger partial charge on any atom is 0.240 e. The van der Waals surface area contributed by atoms with Crippen LogP contribution in [0.15, 0.2) is 18.7 Å². The van der Waals surface area contributed by atoms with Crippen LogP contribution < -0.4 is 5.32 Å². The predicted octanol–water partition coefficient (Wildman–Crippen LogP) is 0.643. The summed E-state index contributed by atoms with van der Waals surface area (Å²) in [5, 5.41) is 3.14. The highest BCUT2D eigenvalue weighted by Crippen LogP contribution is 2.19. The molecule has 3 rings (SSSR count). The second-order valence-electron chi connectivity index (χ2n) is 5.96. The Morgan fingerprint density at radius 1 is 1.24 bits per heavy atom. The first kappa shape index (κ1) is 14.5. The monoisotopic (exact) mass is 292 g/mol. The number of carbonyl (C=O) groups is 1. The standard InChI is InChI=1S/C15H24N4O2/c20-15(11-18-8-5-16-12-18)17-13-1-6-19(7-2-13)14-3-9-21-10-4-14/h5,8,12-14H,1-4,6-7,9-11H2,(H,17,20). The highest BCUT2D eigenvalue weighted by Gasteiger charge is 2.26. The van der Waals surface area contributed by atoms with E-state index in [0.717, 1.165) is 52.0 Å². The van der Waals surface area contributed by atoms with Crippen molar-refractivity contribution in [3.8, 4) is 0 Å². The van der Waals surface area contributed by atoms with Gasteiger partial charge in [-0.3, -0.25) is 4.79 Å². The number of ether oxygens (including phenoxy) is 1. The number of nitrogens with zero attached hydrogens (tertiary/aromatic N) is 3. The fraction of sp³-hybridized carbons (Fsp3) is 0.733. The summed E-state index contributed by atoms with van der Waals surface area (Å²) >= 11 is 0. The average Bonchev–Trinajstić information content (AvgIpc) is 3.02. The van der Waals surface area contributed by atoms with Crippen molar-refractivity contribution in [3.63, 3.8) is 0 Å². The van der Waals surface area contributed by atoms with Crippen molar-refractivity contribution in [2.45, 2.75) is 44.3 Å². The van der Waals surface area contributed by atoms with Crippen LogP contribution in [-0.4, -0.2) is 58.7 Å². The number of amides is 1. The first-order chi connectivity index (χ1) is 10.3. The number of imidazole rings is 1. The Bertz CT molecular complexity index is 435. The van der Waals surface area contributed by atoms with Gasteiger partial charge in [-0.15, -0.1) is 0 Å². The largest absolute Gasteiger partial charge is 0.381 e. The molecular formula is C15H24N4O2. The van der Waals surface area contributed by atoms with E-state index in [1.807, 2.05) is 6.20 Å². The number of carbonyl (C=O) groups excluding carboxylic acids is 1. The van der Waals surface area contributed by atoms with Gasteiger partial charge in [-0.2, -0.15) is 0 Å². The zero-order chi connectivity index (χ0) is 14.5. The van der Waals surface area contributed by atoms with Gasteiger partial charge in [0.2, 0.25) is 5.91 Å². The average molecular weight is 292 g/mol. The molecule has 0 bridgehead atoms. The van der Waals surface area contributed by atoms with E-state index < -0.39 is 0 Å². The fourth-order valence-electron chi connectivity index (χ4n) is 3.28. The number of aromatic nitrogens is 2. The van der Waals surface area contributed by atoms with Gasteiger partial charge in [0, 0.05) is 50.8 Å². The van der Waals surface area contributed by atoms with E-state index in [1.54, 1.807) is 17.1 Å². The van der Waals surface area contributed by atoms with Gasteiger partial charge < -0.3 is 19.5 Å². The topological polar surface area (TPSA) is 59.4 Å². The van der Waals surface area contributed by atoms with Gasteiger partial charge in [0.25, 0.3) is 0 Å². The lowest BCUT2D eigenvalue weighted by Crippen LogP contribution is -2.49. The summed E-state index contributed by atoms with van der Waals surface area (Å²) in [6.45, 7) is 4.32. The second kappa shape index (κ2) is 7.04. The van der Waals surface area contributed by atoms with Gasteiger partial charge in [0.15, 0.2) is 0 Å². The van der Waals surface area contributed by atoms with E-state index in [2.05, 4.69) is 15.2 Å². The van der Waals surface area contributed by atoms with Crippen LogP contribution in [0.25, 0.3) is 0 Å². The minimum Gasteiger partial charge on any atom is -0.381 e. The van der Waals surface area contributed by atoms with Crippen LogP contribution in [0, 0.1) is 0 Å². The maximum absolute atomic E-state index is 12.0. The van der Waals surface area contributed by atoms with Crippen LogP contribution in [0.4, 0.5) is 0 Å². The second-order valence-corrected chi connectivity index (χ2v) is 5.96. The summed E-state index contributed by atoms with van der Waals surface area (Å²) in [7, 11) is 0. The highest BCUT2D eigenvalue weighted by molar-refractivity contribution is 5.76. The smallest absolute Gasteiger partial charge is 0.240 e. The highest BCUT2D eigenvalue weighted by atomic mass is 16.5. The molecule has 1 amide bonds. The number of piperidine rings is 1. The first-order valence-corrected chi connectivity index (χ1v) is 7.88. The molecule has 0 radical (unpaired) electrons. The molecule has 2 saturated heterocycles. The Labute approximate surface area is 125 Å². The molecule has 6 nitrogen and oxygen atoms in total. The van der Waals surface area contributed by atoms with Crippen LogP contribution >= 0.6 is 0 Å². The molecule has 1 aromatic heterocycles. The minimum atomic E-state index is 0.0810. The maximum atomic E-state index is 12.0. The summed E-state index contributed by atoms with van der Waals surface area (Å²) in [6.07, 6.45) is 9.58. The third-order valence-corrected chi connectivity index (χ3v) is 4.49. The molecule has 21 heavy (non-hydrogen) atoms. The van der Waals surface area contributed by atoms with Crippen LogP contribution in [0.5, 0.6) is 0 Å². The Kier molecular flexibility index (Phi) is 4.87. The fourth-order valence-corrected chi connectivity index (χ4v) is 3.28. The van der Waals surface area contributed by atoms with Crippen molar-refractivity contribution in [2.75, 3.05) is 26.3 Å². The molecule has 6 heteroatoms. The molecule has 0 aliphatic carbocycles. The van der Waals surface area contributed by atoms with Gasteiger partial charge in [0.1, 0.15) is 6.54 Å². The Morgan fingerprint density at radius 3 is 2.67 bits per heavy atom. The van der Waals surface area contributed by atoms with Crippen molar-refractivity contribution in [1.29, 1.82) is 0 Å². The molecule has 0 unspecified atom stereocenters. The van der Waals surface area contributed by atoms with Crippen molar-refractivity contribution in [2.24, 2.45) is 0 Å². The number of rotatable bonds is 4. The predicted molar refractivity (Wildman–Crippen MR) is 78.8 cm³/mol. The number of likely N-dealkylation sites (tertiary alicyclic amines) is 1. The third kappa shape index (κ3) is 4.04. The lowest BCUT2D eigenvalue weighted by atomic mass is 9.99. The Balaban J connectivity index is 1.40. The molecule has 0 atom stereocenters. The molecule has 0 aromatic carbocycles. The van der Waals surface area contributed by atoms with E-state index in [9.17, 15) is 4.79 Å². The molecule has 2 aliphatic rings. The van der Waals surface area contributed by atoms with Gasteiger partial charge in [-0.1, -0.05) is 0 Å². The van der Waals surface area contributed by atoms with E-state index in [1.165, 1.54) is 0 Å². The van der Waals surface area contributed by atoms with Crippen molar-refractivity contribution >= 4 is 5.91 Å². The summed E-state index contributed by atoms with van der Waals surface area (Å²) in [5.41, 5.74) is 0. The molecule has 2 aliphatic heterocycles. The van der Waals surface area contributed by atoms with Gasteiger partial charge in [-0.25, -0.2) is 4.98 Å². The first-order valence-electron chi connectivity index (χ1n) is 7.88. The summed E-state index contributed by atoms with van der Waals surface area (Å²) in [5.74, 6) is 0.0810. The quantitative estimate of drug-likeness (QED) is 0.885. The summed E-state index contributed by atoms with van der Waals surface area (Å²) in [4.78, 5) is 18.5. The van der Waals surface area contributed by atoms with Crippen LogP contribution in [0.3, 0.4) is 0 Å². The molecule has 2 fully saturated rings. The number of nitrogens with one attached hydrogen (secondary N) is 1. The van der Waals surface area contributed by atoms with Gasteiger partial charge in [0.05, 0.1) is 6.33 Å². The lowest BCUT2D eigenvalue weighted by molar-refractivity contribution is -0.122. The van der Waals surface area contributed by atoms with Gasteiger partial charge >= 0.3 is 0 Å². The van der Waals surface area contributed by atoms with Crippen LogP contribution in [0.2, 0.25) is 0 Å². The molecule has 1 aromatic rings. The third-order valence-electron chi connectivity index (χ3n) is 4.49.